The lowest BCUT2D eigenvalue weighted by molar-refractivity contribution is -0.163. The number of β-lactam (4-membered cyclic amide) rings is 1. The van der Waals surface area contributed by atoms with Crippen molar-refractivity contribution >= 4 is 23.5 Å². The zero-order valence-electron chi connectivity index (χ0n) is 40.6. The third kappa shape index (κ3) is 12.5. The highest BCUT2D eigenvalue weighted by Crippen LogP contribution is 2.49. The number of benzene rings is 7. The predicted molar refractivity (Wildman–Crippen MR) is 280 cm³/mol. The van der Waals surface area contributed by atoms with Crippen molar-refractivity contribution in [1.82, 2.24) is 9.55 Å². The summed E-state index contributed by atoms with van der Waals surface area (Å²) in [6.45, 7) is 0.288. The number of nitrogens with zero attached hydrogens (tertiary/aromatic N) is 3. The zero-order chi connectivity index (χ0) is 51.2. The Kier molecular flexibility index (Phi) is 16.1. The third-order valence-electron chi connectivity index (χ3n) is 12.9. The second-order valence-corrected chi connectivity index (χ2v) is 17.9. The van der Waals surface area contributed by atoms with Gasteiger partial charge >= 0.3 is 11.9 Å². The van der Waals surface area contributed by atoms with Gasteiger partial charge in [-0.05, 0) is 107 Å². The highest BCUT2D eigenvalue weighted by molar-refractivity contribution is 6.03. The number of carbonyl (C=O) groups is 3. The molecule has 8 aromatic rings. The summed E-state index contributed by atoms with van der Waals surface area (Å²) >= 11 is 0. The van der Waals surface area contributed by atoms with Crippen LogP contribution < -0.4 is 9.64 Å². The Hall–Kier alpha value is -9.03. The summed E-state index contributed by atoms with van der Waals surface area (Å²) < 4.78 is 33.4. The van der Waals surface area contributed by atoms with Crippen molar-refractivity contribution in [2.75, 3.05) is 4.90 Å². The number of carbonyl (C=O) groups excluding carboxylic acids is 3. The molecule has 7 aromatic carbocycles. The number of hydrogen-bond acceptors (Lipinski definition) is 8. The van der Waals surface area contributed by atoms with E-state index in [9.17, 15) is 23.9 Å². The van der Waals surface area contributed by atoms with Crippen molar-refractivity contribution < 1.29 is 38.1 Å². The van der Waals surface area contributed by atoms with Crippen LogP contribution in [0, 0.1) is 41.3 Å². The first-order chi connectivity index (χ1) is 36.2. The van der Waals surface area contributed by atoms with Crippen molar-refractivity contribution in [2.45, 2.75) is 51.2 Å². The highest BCUT2D eigenvalue weighted by Gasteiger charge is 2.49. The SMILES string of the molecule is Cn1cncc1C#Cc1ccc(N2C(=O)[C@H](CC[C@H](O)c3ccc(F)cc3)[C@H]2c2ccc(-c3ccc(C#CCC(C(=O)OCc4ccccc4)C(=O)OCc4ccccc4)cc3)cc2OCc2ccccc2)cc1. The number of amides is 1. The van der Waals surface area contributed by atoms with Crippen LogP contribution in [0.25, 0.3) is 11.1 Å². The molecule has 10 nitrogen and oxygen atoms in total. The van der Waals surface area contributed by atoms with Gasteiger partial charge < -0.3 is 28.8 Å². The van der Waals surface area contributed by atoms with Gasteiger partial charge in [0.1, 0.15) is 37.1 Å². The lowest BCUT2D eigenvalue weighted by atomic mass is 9.77. The van der Waals surface area contributed by atoms with E-state index in [1.54, 1.807) is 29.6 Å². The van der Waals surface area contributed by atoms with Gasteiger partial charge in [-0.15, -0.1) is 0 Å². The second-order valence-electron chi connectivity index (χ2n) is 17.9. The fourth-order valence-electron chi connectivity index (χ4n) is 8.72. The molecule has 9 rings (SSSR count). The number of imidazole rings is 1. The Labute approximate surface area is 430 Å². The number of ether oxygens (including phenoxy) is 3. The molecule has 0 radical (unpaired) electrons. The van der Waals surface area contributed by atoms with Crippen molar-refractivity contribution in [1.29, 1.82) is 0 Å². The number of halogens is 1. The fourth-order valence-corrected chi connectivity index (χ4v) is 8.72. The van der Waals surface area contributed by atoms with Gasteiger partial charge in [0.25, 0.3) is 0 Å². The summed E-state index contributed by atoms with van der Waals surface area (Å²) in [5.41, 5.74) is 8.56. The average molecular weight is 982 g/mol. The molecule has 1 aliphatic heterocycles. The monoisotopic (exact) mass is 981 g/mol. The molecule has 3 atom stereocenters. The van der Waals surface area contributed by atoms with Crippen molar-refractivity contribution in [3.63, 3.8) is 0 Å². The van der Waals surface area contributed by atoms with E-state index < -0.39 is 41.7 Å². The fraction of sp³-hybridized carbons (Fsp3) is 0.175. The molecule has 0 unspecified atom stereocenters. The van der Waals surface area contributed by atoms with E-state index in [4.69, 9.17) is 14.2 Å². The normalized spacial score (nSPS) is 14.2. The van der Waals surface area contributed by atoms with E-state index in [0.29, 0.717) is 29.0 Å². The Morgan fingerprint density at radius 1 is 0.676 bits per heavy atom. The summed E-state index contributed by atoms with van der Waals surface area (Å²) in [6, 6.07) is 54.8. The van der Waals surface area contributed by atoms with Gasteiger partial charge in [0, 0.05) is 35.8 Å². The maximum Gasteiger partial charge on any atom is 0.321 e. The average Bonchev–Trinajstić information content (AvgIpc) is 3.86. The van der Waals surface area contributed by atoms with Crippen molar-refractivity contribution in [3.05, 3.63) is 245 Å². The summed E-state index contributed by atoms with van der Waals surface area (Å²) in [7, 11) is 1.88. The smallest absolute Gasteiger partial charge is 0.321 e. The first kappa shape index (κ1) is 49.9. The van der Waals surface area contributed by atoms with Gasteiger partial charge in [-0.2, -0.15) is 0 Å². The minimum absolute atomic E-state index is 0.00972. The number of aryl methyl sites for hydroxylation is 1. The van der Waals surface area contributed by atoms with Crippen LogP contribution in [0.3, 0.4) is 0 Å². The third-order valence-corrected chi connectivity index (χ3v) is 12.9. The number of esters is 2. The van der Waals surface area contributed by atoms with E-state index in [1.165, 1.54) is 12.1 Å². The molecular formula is C63H52FN3O7. The molecular weight excluding hydrogens is 930 g/mol. The van der Waals surface area contributed by atoms with Crippen LogP contribution >= 0.6 is 0 Å². The Morgan fingerprint density at radius 2 is 1.24 bits per heavy atom. The number of aliphatic hydroxyl groups excluding tert-OH is 1. The lowest BCUT2D eigenvalue weighted by Gasteiger charge is -2.48. The summed E-state index contributed by atoms with van der Waals surface area (Å²) in [5.74, 6) is 9.38. The molecule has 11 heteroatoms. The topological polar surface area (TPSA) is 120 Å². The molecule has 0 bridgehead atoms. The maximum absolute atomic E-state index is 14.4. The Balaban J connectivity index is 0.974. The molecule has 2 heterocycles. The Bertz CT molecular complexity index is 3270. The molecule has 0 spiro atoms. The summed E-state index contributed by atoms with van der Waals surface area (Å²) in [5, 5.41) is 11.2. The molecule has 1 aromatic heterocycles. The molecule has 74 heavy (non-hydrogen) atoms. The maximum atomic E-state index is 14.4. The number of hydrogen-bond donors (Lipinski definition) is 1. The van der Waals surface area contributed by atoms with Crippen molar-refractivity contribution in [2.24, 2.45) is 18.9 Å². The molecule has 1 N–H and O–H groups in total. The van der Waals surface area contributed by atoms with Gasteiger partial charge in [0.15, 0.2) is 5.92 Å². The summed E-state index contributed by atoms with van der Waals surface area (Å²) in [6.07, 6.45) is 3.03. The molecule has 368 valence electrons. The van der Waals surface area contributed by atoms with E-state index in [0.717, 1.165) is 44.6 Å². The molecule has 1 saturated heterocycles. The van der Waals surface area contributed by atoms with Gasteiger partial charge in [-0.3, -0.25) is 14.4 Å². The largest absolute Gasteiger partial charge is 0.489 e. The van der Waals surface area contributed by atoms with Crippen molar-refractivity contribution in [3.8, 4) is 40.6 Å². The van der Waals surface area contributed by atoms with E-state index in [1.807, 2.05) is 169 Å². The van der Waals surface area contributed by atoms with Gasteiger partial charge in [-0.25, -0.2) is 9.37 Å². The van der Waals surface area contributed by atoms with E-state index in [2.05, 4.69) is 28.7 Å². The quantitative estimate of drug-likeness (QED) is 0.0415. The van der Waals surface area contributed by atoms with Gasteiger partial charge in [0.2, 0.25) is 5.91 Å². The second kappa shape index (κ2) is 23.9. The summed E-state index contributed by atoms with van der Waals surface area (Å²) in [4.78, 5) is 46.9. The van der Waals surface area contributed by atoms with Gasteiger partial charge in [-0.1, -0.05) is 145 Å². The minimum Gasteiger partial charge on any atom is -0.489 e. The first-order valence-corrected chi connectivity index (χ1v) is 24.3. The predicted octanol–water partition coefficient (Wildman–Crippen LogP) is 11.3. The van der Waals surface area contributed by atoms with Crippen LogP contribution in [0.5, 0.6) is 5.75 Å². The van der Waals surface area contributed by atoms with E-state index >= 15 is 0 Å². The minimum atomic E-state index is -1.25. The Morgan fingerprint density at radius 3 is 1.84 bits per heavy atom. The standard InChI is InChI=1S/C63H52FN3O7/c1-66-43-65-39-54(66)34-24-45-22-32-53(33-23-45)67-60(56(61(67)69)36-37-58(68)50-27-30-52(64)31-28-50)55-35-29-51(38-59(55)72-40-46-12-5-2-6-13-46)49-25-20-44(21-26-49)18-11-19-57(62(70)73-41-47-14-7-3-8-15-47)63(71)74-42-48-16-9-4-10-17-48/h2-10,12-17,20-23,25-33,35,38-39,43,56-58,60,68H,19,36-37,40-42H2,1H3/t56-,58+,60-/m1/s1. The van der Waals surface area contributed by atoms with Crippen LogP contribution in [-0.2, 0) is 50.7 Å². The van der Waals surface area contributed by atoms with Gasteiger partial charge in [0.05, 0.1) is 30.6 Å². The van der Waals surface area contributed by atoms with Crippen LogP contribution in [0.1, 0.15) is 76.0 Å². The molecule has 1 amide bonds. The first-order valence-electron chi connectivity index (χ1n) is 24.3. The molecule has 1 fully saturated rings. The van der Waals surface area contributed by atoms with Crippen LogP contribution in [0.4, 0.5) is 10.1 Å². The van der Waals surface area contributed by atoms with Crippen LogP contribution in [0.2, 0.25) is 0 Å². The number of anilines is 1. The molecule has 0 aliphatic carbocycles. The van der Waals surface area contributed by atoms with Crippen LogP contribution in [0.15, 0.2) is 195 Å². The lowest BCUT2D eigenvalue weighted by Crippen LogP contribution is -2.55. The van der Waals surface area contributed by atoms with Crippen LogP contribution in [-0.4, -0.2) is 32.5 Å². The van der Waals surface area contributed by atoms with E-state index in [-0.39, 0.29) is 38.6 Å². The molecule has 1 aliphatic rings. The number of aliphatic hydroxyl groups is 1. The number of aromatic nitrogens is 2. The number of rotatable bonds is 17. The zero-order valence-corrected chi connectivity index (χ0v) is 40.6. The highest BCUT2D eigenvalue weighted by atomic mass is 19.1. The molecule has 0 saturated carbocycles.